The van der Waals surface area contributed by atoms with Crippen molar-refractivity contribution < 1.29 is 19.4 Å². The molecular weight excluding hydrogens is 432 g/mol. The van der Waals surface area contributed by atoms with Crippen LogP contribution in [-0.2, 0) is 6.42 Å². The molecule has 182 valence electrons. The second-order valence-corrected chi connectivity index (χ2v) is 8.69. The van der Waals surface area contributed by atoms with Crippen LogP contribution in [0.3, 0.4) is 0 Å². The van der Waals surface area contributed by atoms with E-state index >= 15 is 0 Å². The Morgan fingerprint density at radius 1 is 1.18 bits per heavy atom. The van der Waals surface area contributed by atoms with Gasteiger partial charge in [0.15, 0.2) is 17.2 Å². The van der Waals surface area contributed by atoms with Crippen molar-refractivity contribution in [2.45, 2.75) is 38.1 Å². The lowest BCUT2D eigenvalue weighted by Crippen LogP contribution is -2.45. The van der Waals surface area contributed by atoms with Crippen LogP contribution >= 0.6 is 0 Å². The number of aliphatic hydroxyl groups excluding tert-OH is 1. The fourth-order valence-corrected chi connectivity index (χ4v) is 4.54. The van der Waals surface area contributed by atoms with E-state index in [2.05, 4.69) is 16.3 Å². The summed E-state index contributed by atoms with van der Waals surface area (Å²) in [5.41, 5.74) is 3.24. The van der Waals surface area contributed by atoms with Crippen molar-refractivity contribution in [2.75, 3.05) is 40.5 Å². The molecule has 3 heterocycles. The highest BCUT2D eigenvalue weighted by molar-refractivity contribution is 5.93. The predicted octanol–water partition coefficient (Wildman–Crippen LogP) is 2.87. The number of nitrogens with one attached hydrogen (secondary N) is 1. The fourth-order valence-electron chi connectivity index (χ4n) is 4.54. The molecule has 0 bridgehead atoms. The van der Waals surface area contributed by atoms with Gasteiger partial charge in [-0.25, -0.2) is 4.68 Å². The van der Waals surface area contributed by atoms with Crippen LogP contribution in [0.2, 0.25) is 0 Å². The Morgan fingerprint density at radius 3 is 2.71 bits per heavy atom. The van der Waals surface area contributed by atoms with E-state index < -0.39 is 0 Å². The predicted molar refractivity (Wildman–Crippen MR) is 131 cm³/mol. The molecule has 0 unspecified atom stereocenters. The quantitative estimate of drug-likeness (QED) is 0.622. The number of benzene rings is 1. The average molecular weight is 467 g/mol. The third-order valence-electron chi connectivity index (χ3n) is 6.44. The summed E-state index contributed by atoms with van der Waals surface area (Å²) in [4.78, 5) is 15.4. The number of piperidine rings is 1. The number of allylic oxidation sites excluding steroid dienone is 3. The van der Waals surface area contributed by atoms with Crippen molar-refractivity contribution in [1.29, 1.82) is 0 Å². The number of ether oxygens (including phenoxy) is 2. The third-order valence-corrected chi connectivity index (χ3v) is 6.44. The van der Waals surface area contributed by atoms with Crippen LogP contribution in [-0.4, -0.2) is 72.2 Å². The summed E-state index contributed by atoms with van der Waals surface area (Å²) >= 11 is 0. The number of carbonyl (C=O) groups is 1. The van der Waals surface area contributed by atoms with Crippen LogP contribution in [0.1, 0.15) is 47.4 Å². The normalized spacial score (nSPS) is 19.3. The van der Waals surface area contributed by atoms with Gasteiger partial charge in [-0.05, 0) is 62.4 Å². The molecule has 1 aromatic carbocycles. The molecule has 2 aliphatic rings. The molecule has 2 aliphatic heterocycles. The Kier molecular flexibility index (Phi) is 8.03. The number of hydrogen-bond acceptors (Lipinski definition) is 6. The number of nitrogens with zero attached hydrogens (tertiary/aromatic N) is 3. The van der Waals surface area contributed by atoms with Gasteiger partial charge in [-0.1, -0.05) is 12.2 Å². The lowest BCUT2D eigenvalue weighted by molar-refractivity contribution is 0.0904. The van der Waals surface area contributed by atoms with E-state index in [4.69, 9.17) is 19.7 Å². The molecule has 34 heavy (non-hydrogen) atoms. The molecule has 0 atom stereocenters. The number of aliphatic hydroxyl groups is 1. The molecule has 0 saturated carbocycles. The molecule has 8 heteroatoms. The van der Waals surface area contributed by atoms with Gasteiger partial charge in [-0.2, -0.15) is 5.10 Å². The SMILES string of the molecule is COc1ccc(/C2=C/C=C\CCc3cc(C(=O)NC4CCN(CCCO)CC4)nn32)cc1OC. The standard InChI is InChI=1S/C26H34N4O4/c1-33-24-10-9-19(17-25(24)34-2)23-8-5-3-4-7-21-18-22(28-30(21)23)26(32)27-20-11-14-29(15-12-20)13-6-16-31/h3,5,8-10,17-18,20,31H,4,6-7,11-16H2,1-2H3,(H,27,32)/b5-3-,23-8-. The van der Waals surface area contributed by atoms with Crippen LogP contribution < -0.4 is 14.8 Å². The zero-order valence-corrected chi connectivity index (χ0v) is 20.0. The number of fused-ring (bicyclic) bond motifs is 1. The van der Waals surface area contributed by atoms with Crippen LogP contribution in [0.25, 0.3) is 5.70 Å². The maximum atomic E-state index is 13.1. The van der Waals surface area contributed by atoms with Crippen molar-refractivity contribution in [3.05, 3.63) is 59.4 Å². The summed E-state index contributed by atoms with van der Waals surface area (Å²) in [7, 11) is 3.23. The maximum absolute atomic E-state index is 13.1. The van der Waals surface area contributed by atoms with Gasteiger partial charge in [0.2, 0.25) is 0 Å². The number of likely N-dealkylation sites (tertiary alicyclic amines) is 1. The lowest BCUT2D eigenvalue weighted by atomic mass is 10.0. The third kappa shape index (κ3) is 5.51. The van der Waals surface area contributed by atoms with Crippen LogP contribution in [0.5, 0.6) is 11.5 Å². The van der Waals surface area contributed by atoms with E-state index in [9.17, 15) is 4.79 Å². The zero-order valence-electron chi connectivity index (χ0n) is 20.0. The van der Waals surface area contributed by atoms with Crippen LogP contribution in [0.15, 0.2) is 42.5 Å². The number of amides is 1. The number of aryl methyl sites for hydroxylation is 1. The monoisotopic (exact) mass is 466 g/mol. The molecule has 1 aromatic heterocycles. The highest BCUT2D eigenvalue weighted by atomic mass is 16.5. The van der Waals surface area contributed by atoms with Crippen LogP contribution in [0, 0.1) is 0 Å². The van der Waals surface area contributed by atoms with Gasteiger partial charge in [-0.3, -0.25) is 4.79 Å². The van der Waals surface area contributed by atoms with Gasteiger partial charge < -0.3 is 24.8 Å². The van der Waals surface area contributed by atoms with Crippen molar-refractivity contribution in [2.24, 2.45) is 0 Å². The first-order chi connectivity index (χ1) is 16.6. The molecule has 2 aromatic rings. The van der Waals surface area contributed by atoms with Gasteiger partial charge in [-0.15, -0.1) is 0 Å². The van der Waals surface area contributed by atoms with Gasteiger partial charge in [0.25, 0.3) is 5.91 Å². The minimum Gasteiger partial charge on any atom is -0.493 e. The van der Waals surface area contributed by atoms with E-state index in [0.717, 1.165) is 68.7 Å². The summed E-state index contributed by atoms with van der Waals surface area (Å²) in [6, 6.07) is 7.82. The Morgan fingerprint density at radius 2 is 1.97 bits per heavy atom. The Labute approximate surface area is 200 Å². The number of hydrogen-bond donors (Lipinski definition) is 2. The van der Waals surface area contributed by atoms with Crippen molar-refractivity contribution in [3.63, 3.8) is 0 Å². The lowest BCUT2D eigenvalue weighted by Gasteiger charge is -2.32. The summed E-state index contributed by atoms with van der Waals surface area (Å²) in [6.45, 7) is 2.99. The Hall–Kier alpha value is -3.10. The van der Waals surface area contributed by atoms with E-state index in [1.807, 2.05) is 41.1 Å². The van der Waals surface area contributed by atoms with Crippen molar-refractivity contribution >= 4 is 11.6 Å². The average Bonchev–Trinajstić information content (AvgIpc) is 3.26. The molecular formula is C26H34N4O4. The number of methoxy groups -OCH3 is 2. The van der Waals surface area contributed by atoms with Gasteiger partial charge in [0, 0.05) is 43.5 Å². The second-order valence-electron chi connectivity index (χ2n) is 8.69. The first-order valence-corrected chi connectivity index (χ1v) is 12.0. The van der Waals surface area contributed by atoms with Crippen molar-refractivity contribution in [1.82, 2.24) is 20.0 Å². The Balaban J connectivity index is 1.52. The second kappa shape index (κ2) is 11.4. The first-order valence-electron chi connectivity index (χ1n) is 12.0. The van der Waals surface area contributed by atoms with E-state index in [-0.39, 0.29) is 18.6 Å². The molecule has 1 amide bonds. The zero-order chi connectivity index (χ0) is 23.9. The van der Waals surface area contributed by atoms with Gasteiger partial charge in [0.05, 0.1) is 19.9 Å². The molecule has 4 rings (SSSR count). The van der Waals surface area contributed by atoms with Gasteiger partial charge >= 0.3 is 0 Å². The minimum absolute atomic E-state index is 0.132. The van der Waals surface area contributed by atoms with Crippen LogP contribution in [0.4, 0.5) is 0 Å². The molecule has 0 radical (unpaired) electrons. The van der Waals surface area contributed by atoms with E-state index in [1.54, 1.807) is 14.2 Å². The Bertz CT molecular complexity index is 1050. The highest BCUT2D eigenvalue weighted by Gasteiger charge is 2.24. The smallest absolute Gasteiger partial charge is 0.272 e. The first kappa shape index (κ1) is 24.0. The summed E-state index contributed by atoms with van der Waals surface area (Å²) in [5.74, 6) is 1.17. The number of aromatic nitrogens is 2. The highest BCUT2D eigenvalue weighted by Crippen LogP contribution is 2.32. The summed E-state index contributed by atoms with van der Waals surface area (Å²) in [6.07, 6.45) is 10.5. The summed E-state index contributed by atoms with van der Waals surface area (Å²) in [5, 5.41) is 16.9. The molecule has 0 spiro atoms. The van der Waals surface area contributed by atoms with E-state index in [1.165, 1.54) is 0 Å². The number of carbonyl (C=O) groups excluding carboxylic acids is 1. The molecule has 1 fully saturated rings. The largest absolute Gasteiger partial charge is 0.493 e. The van der Waals surface area contributed by atoms with Crippen molar-refractivity contribution in [3.8, 4) is 11.5 Å². The molecule has 2 N–H and O–H groups in total. The molecule has 1 saturated heterocycles. The number of rotatable bonds is 8. The summed E-state index contributed by atoms with van der Waals surface area (Å²) < 4.78 is 12.7. The van der Waals surface area contributed by atoms with E-state index in [0.29, 0.717) is 17.2 Å². The molecule has 8 nitrogen and oxygen atoms in total. The topological polar surface area (TPSA) is 88.9 Å². The molecule has 0 aliphatic carbocycles. The maximum Gasteiger partial charge on any atom is 0.272 e. The minimum atomic E-state index is -0.132. The van der Waals surface area contributed by atoms with Gasteiger partial charge in [0.1, 0.15) is 0 Å². The fraction of sp³-hybridized carbons (Fsp3) is 0.462.